The summed E-state index contributed by atoms with van der Waals surface area (Å²) in [5, 5.41) is 14.9. The highest BCUT2D eigenvalue weighted by Gasteiger charge is 2.40. The summed E-state index contributed by atoms with van der Waals surface area (Å²) in [7, 11) is 0. The van der Waals surface area contributed by atoms with Gasteiger partial charge >= 0.3 is 0 Å². The van der Waals surface area contributed by atoms with Crippen molar-refractivity contribution in [1.82, 2.24) is 15.5 Å². The van der Waals surface area contributed by atoms with Gasteiger partial charge in [0, 0.05) is 13.1 Å². The second-order valence-electron chi connectivity index (χ2n) is 4.48. The van der Waals surface area contributed by atoms with E-state index in [-0.39, 0.29) is 5.91 Å². The van der Waals surface area contributed by atoms with Gasteiger partial charge in [-0.2, -0.15) is 0 Å². The number of carbonyl (C=O) groups excluding carboxylic acids is 1. The lowest BCUT2D eigenvalue weighted by atomic mass is 10.0. The summed E-state index contributed by atoms with van der Waals surface area (Å²) in [6.07, 6.45) is 3.58. The van der Waals surface area contributed by atoms with Gasteiger partial charge in [-0.05, 0) is 31.6 Å². The summed E-state index contributed by atoms with van der Waals surface area (Å²) in [6.45, 7) is 5.71. The SMILES string of the molecule is CCNc1nnc(C(=O)NCC2(CC)CC2)s1. The van der Waals surface area contributed by atoms with Crippen LogP contribution in [0.1, 0.15) is 42.9 Å². The predicted molar refractivity (Wildman–Crippen MR) is 68.4 cm³/mol. The maximum atomic E-state index is 11.8. The molecule has 17 heavy (non-hydrogen) atoms. The van der Waals surface area contributed by atoms with Gasteiger partial charge in [0.2, 0.25) is 10.1 Å². The molecular weight excluding hydrogens is 236 g/mol. The van der Waals surface area contributed by atoms with Crippen LogP contribution in [0.2, 0.25) is 0 Å². The zero-order valence-electron chi connectivity index (χ0n) is 10.2. The first-order chi connectivity index (χ1) is 8.19. The molecule has 1 aromatic rings. The molecule has 1 saturated carbocycles. The van der Waals surface area contributed by atoms with Crippen molar-refractivity contribution in [1.29, 1.82) is 0 Å². The van der Waals surface area contributed by atoms with Crippen LogP contribution in [0.15, 0.2) is 0 Å². The van der Waals surface area contributed by atoms with Crippen LogP contribution in [-0.4, -0.2) is 29.2 Å². The van der Waals surface area contributed by atoms with Gasteiger partial charge in [0.15, 0.2) is 0 Å². The topological polar surface area (TPSA) is 66.9 Å². The molecule has 1 aromatic heterocycles. The first-order valence-electron chi connectivity index (χ1n) is 6.05. The molecule has 1 aliphatic carbocycles. The molecule has 0 aromatic carbocycles. The van der Waals surface area contributed by atoms with Crippen LogP contribution in [0.4, 0.5) is 5.13 Å². The lowest BCUT2D eigenvalue weighted by molar-refractivity contribution is 0.0943. The number of aromatic nitrogens is 2. The normalized spacial score (nSPS) is 16.6. The monoisotopic (exact) mass is 254 g/mol. The number of rotatable bonds is 6. The molecule has 94 valence electrons. The molecule has 0 saturated heterocycles. The van der Waals surface area contributed by atoms with Crippen molar-refractivity contribution in [2.45, 2.75) is 33.1 Å². The van der Waals surface area contributed by atoms with E-state index < -0.39 is 0 Å². The van der Waals surface area contributed by atoms with Crippen molar-refractivity contribution in [2.75, 3.05) is 18.4 Å². The van der Waals surface area contributed by atoms with E-state index in [1.165, 1.54) is 24.2 Å². The summed E-state index contributed by atoms with van der Waals surface area (Å²) in [5.41, 5.74) is 0.366. The lowest BCUT2D eigenvalue weighted by Gasteiger charge is -2.11. The second kappa shape index (κ2) is 5.00. The van der Waals surface area contributed by atoms with Crippen LogP contribution in [0.25, 0.3) is 0 Å². The van der Waals surface area contributed by atoms with Crippen molar-refractivity contribution >= 4 is 22.4 Å². The maximum Gasteiger partial charge on any atom is 0.282 e. The Hall–Kier alpha value is -1.17. The van der Waals surface area contributed by atoms with E-state index in [1.54, 1.807) is 0 Å². The van der Waals surface area contributed by atoms with Gasteiger partial charge in [-0.3, -0.25) is 4.79 Å². The highest BCUT2D eigenvalue weighted by molar-refractivity contribution is 7.17. The lowest BCUT2D eigenvalue weighted by Crippen LogP contribution is -2.29. The van der Waals surface area contributed by atoms with Crippen molar-refractivity contribution in [3.8, 4) is 0 Å². The summed E-state index contributed by atoms with van der Waals surface area (Å²) < 4.78 is 0. The van der Waals surface area contributed by atoms with E-state index in [0.717, 1.165) is 19.5 Å². The third-order valence-electron chi connectivity index (χ3n) is 3.28. The van der Waals surface area contributed by atoms with E-state index in [9.17, 15) is 4.79 Å². The fourth-order valence-corrected chi connectivity index (χ4v) is 2.44. The average Bonchev–Trinajstić information content (AvgIpc) is 2.98. The van der Waals surface area contributed by atoms with Crippen LogP contribution in [0, 0.1) is 5.41 Å². The van der Waals surface area contributed by atoms with Gasteiger partial charge in [0.05, 0.1) is 0 Å². The molecule has 0 radical (unpaired) electrons. The number of nitrogens with zero attached hydrogens (tertiary/aromatic N) is 2. The van der Waals surface area contributed by atoms with E-state index in [4.69, 9.17) is 0 Å². The minimum absolute atomic E-state index is 0.105. The Morgan fingerprint density at radius 2 is 2.18 bits per heavy atom. The zero-order chi connectivity index (χ0) is 12.3. The molecule has 1 aliphatic rings. The van der Waals surface area contributed by atoms with Crippen LogP contribution < -0.4 is 10.6 Å². The van der Waals surface area contributed by atoms with Gasteiger partial charge in [-0.15, -0.1) is 10.2 Å². The van der Waals surface area contributed by atoms with Crippen molar-refractivity contribution < 1.29 is 4.79 Å². The van der Waals surface area contributed by atoms with E-state index in [1.807, 2.05) is 6.92 Å². The predicted octanol–water partition coefficient (Wildman–Crippen LogP) is 1.89. The van der Waals surface area contributed by atoms with Crippen LogP contribution in [0.5, 0.6) is 0 Å². The van der Waals surface area contributed by atoms with Gasteiger partial charge in [0.1, 0.15) is 0 Å². The van der Waals surface area contributed by atoms with Gasteiger partial charge in [-0.25, -0.2) is 0 Å². The quantitative estimate of drug-likeness (QED) is 0.813. The molecule has 2 N–H and O–H groups in total. The molecule has 6 heteroatoms. The van der Waals surface area contributed by atoms with Crippen LogP contribution in [0.3, 0.4) is 0 Å². The van der Waals surface area contributed by atoms with Crippen molar-refractivity contribution in [3.63, 3.8) is 0 Å². The number of hydrogen-bond donors (Lipinski definition) is 2. The fourth-order valence-electron chi connectivity index (χ4n) is 1.71. The molecule has 1 heterocycles. The summed E-state index contributed by atoms with van der Waals surface area (Å²) >= 11 is 1.30. The van der Waals surface area contributed by atoms with Crippen LogP contribution in [-0.2, 0) is 0 Å². The fraction of sp³-hybridized carbons (Fsp3) is 0.727. The Bertz CT molecular complexity index is 400. The standard InChI is InChI=1S/C11H18N4OS/c1-3-11(5-6-11)7-13-8(16)9-14-15-10(17-9)12-4-2/h3-7H2,1-2H3,(H,12,15)(H,13,16). The molecular formula is C11H18N4OS. The van der Waals surface area contributed by atoms with E-state index in [2.05, 4.69) is 27.8 Å². The average molecular weight is 254 g/mol. The Balaban J connectivity index is 1.86. The number of nitrogens with one attached hydrogen (secondary N) is 2. The summed E-state index contributed by atoms with van der Waals surface area (Å²) in [5.74, 6) is -0.105. The molecule has 5 nitrogen and oxygen atoms in total. The number of amides is 1. The molecule has 1 fully saturated rings. The zero-order valence-corrected chi connectivity index (χ0v) is 11.1. The molecule has 0 aliphatic heterocycles. The number of anilines is 1. The third-order valence-corrected chi connectivity index (χ3v) is 4.16. The largest absolute Gasteiger partial charge is 0.360 e. The minimum atomic E-state index is -0.105. The van der Waals surface area contributed by atoms with E-state index in [0.29, 0.717) is 15.6 Å². The van der Waals surface area contributed by atoms with Gasteiger partial charge in [-0.1, -0.05) is 18.3 Å². The Morgan fingerprint density at radius 1 is 1.41 bits per heavy atom. The Morgan fingerprint density at radius 3 is 2.76 bits per heavy atom. The first kappa shape index (κ1) is 12.3. The molecule has 1 amide bonds. The second-order valence-corrected chi connectivity index (χ2v) is 5.46. The number of hydrogen-bond acceptors (Lipinski definition) is 5. The van der Waals surface area contributed by atoms with Crippen LogP contribution >= 0.6 is 11.3 Å². The molecule has 0 spiro atoms. The number of carbonyl (C=O) groups is 1. The smallest absolute Gasteiger partial charge is 0.282 e. The maximum absolute atomic E-state index is 11.8. The third kappa shape index (κ3) is 2.94. The Labute approximate surface area is 105 Å². The van der Waals surface area contributed by atoms with E-state index >= 15 is 0 Å². The molecule has 0 atom stereocenters. The highest BCUT2D eigenvalue weighted by Crippen LogP contribution is 2.47. The van der Waals surface area contributed by atoms with Gasteiger partial charge < -0.3 is 10.6 Å². The minimum Gasteiger partial charge on any atom is -0.360 e. The van der Waals surface area contributed by atoms with Gasteiger partial charge in [0.25, 0.3) is 5.91 Å². The Kier molecular flexibility index (Phi) is 3.61. The van der Waals surface area contributed by atoms with Crippen molar-refractivity contribution in [2.24, 2.45) is 5.41 Å². The molecule has 0 bridgehead atoms. The first-order valence-corrected chi connectivity index (χ1v) is 6.86. The summed E-state index contributed by atoms with van der Waals surface area (Å²) in [6, 6.07) is 0. The highest BCUT2D eigenvalue weighted by atomic mass is 32.1. The molecule has 2 rings (SSSR count). The molecule has 0 unspecified atom stereocenters. The summed E-state index contributed by atoms with van der Waals surface area (Å²) in [4.78, 5) is 11.8. The van der Waals surface area contributed by atoms with Crippen molar-refractivity contribution in [3.05, 3.63) is 5.01 Å².